The Hall–Kier alpha value is -3.88. The van der Waals surface area contributed by atoms with E-state index in [1.807, 2.05) is 0 Å². The second-order valence-electron chi connectivity index (χ2n) is 6.48. The summed E-state index contributed by atoms with van der Waals surface area (Å²) in [4.78, 5) is 64.2. The van der Waals surface area contributed by atoms with Crippen molar-refractivity contribution in [2.24, 2.45) is 0 Å². The number of nitrogens with zero attached hydrogens (tertiary/aromatic N) is 2. The number of esters is 2. The minimum atomic E-state index is -1.37. The highest BCUT2D eigenvalue weighted by Gasteiger charge is 2.33. The summed E-state index contributed by atoms with van der Waals surface area (Å²) >= 11 is 0. The van der Waals surface area contributed by atoms with Crippen molar-refractivity contribution < 1.29 is 43.6 Å². The smallest absolute Gasteiger partial charge is 0.310 e. The summed E-state index contributed by atoms with van der Waals surface area (Å²) in [7, 11) is 0. The predicted molar refractivity (Wildman–Crippen MR) is 105 cm³/mol. The van der Waals surface area contributed by atoms with E-state index in [0.29, 0.717) is 0 Å². The van der Waals surface area contributed by atoms with E-state index in [2.05, 4.69) is 15.3 Å². The van der Waals surface area contributed by atoms with Gasteiger partial charge in [-0.3, -0.25) is 33.9 Å². The standard InChI is InChI=1S/C17H23N5O10/c18-16-20-14-13(15(29)21-16)19-8-22(14)17(32-12(28)5-3-10(25)26)31-7-1-6-30-11(27)4-2-9(23)24/h17,19H,1-8H2,(H,23,24)(H,25,26)(H3,18,20,21,29). The minimum absolute atomic E-state index is 0.0179. The fourth-order valence-corrected chi connectivity index (χ4v) is 2.54. The largest absolute Gasteiger partial charge is 0.481 e. The van der Waals surface area contributed by atoms with Crippen molar-refractivity contribution in [3.05, 3.63) is 10.4 Å². The molecule has 1 aliphatic rings. The number of carbonyl (C=O) groups is 4. The first-order chi connectivity index (χ1) is 15.2. The van der Waals surface area contributed by atoms with Crippen LogP contribution < -0.4 is 21.5 Å². The number of aliphatic carboxylic acids is 2. The Morgan fingerprint density at radius 1 is 1.06 bits per heavy atom. The van der Waals surface area contributed by atoms with E-state index in [0.717, 1.165) is 0 Å². The number of carboxylic acid groups (broad SMARTS) is 2. The van der Waals surface area contributed by atoms with Crippen LogP contribution in [0.15, 0.2) is 4.79 Å². The Kier molecular flexibility index (Phi) is 8.76. The molecule has 2 heterocycles. The molecule has 0 saturated heterocycles. The zero-order valence-corrected chi connectivity index (χ0v) is 16.9. The van der Waals surface area contributed by atoms with Crippen LogP contribution in [0.2, 0.25) is 0 Å². The van der Waals surface area contributed by atoms with Crippen LogP contribution in [0.4, 0.5) is 17.5 Å². The van der Waals surface area contributed by atoms with Crippen LogP contribution in [0.3, 0.4) is 0 Å². The summed E-state index contributed by atoms with van der Waals surface area (Å²) in [6.07, 6.45) is -2.66. The molecular weight excluding hydrogens is 434 g/mol. The van der Waals surface area contributed by atoms with E-state index in [1.54, 1.807) is 0 Å². The van der Waals surface area contributed by atoms with Gasteiger partial charge >= 0.3 is 23.9 Å². The van der Waals surface area contributed by atoms with Gasteiger partial charge in [-0.15, -0.1) is 0 Å². The number of nitrogens with one attached hydrogen (secondary N) is 2. The molecule has 1 aromatic rings. The molecule has 2 rings (SSSR count). The quantitative estimate of drug-likeness (QED) is 0.137. The zero-order valence-electron chi connectivity index (χ0n) is 16.9. The number of H-pyrrole nitrogens is 1. The lowest BCUT2D eigenvalue weighted by atomic mass is 10.3. The van der Waals surface area contributed by atoms with Crippen molar-refractivity contribution in [3.63, 3.8) is 0 Å². The molecule has 176 valence electrons. The second kappa shape index (κ2) is 11.5. The van der Waals surface area contributed by atoms with Crippen LogP contribution in [0, 0.1) is 0 Å². The van der Waals surface area contributed by atoms with Gasteiger partial charge in [-0.1, -0.05) is 0 Å². The average molecular weight is 457 g/mol. The molecule has 15 heteroatoms. The van der Waals surface area contributed by atoms with Crippen LogP contribution in [0.25, 0.3) is 0 Å². The first-order valence-corrected chi connectivity index (χ1v) is 9.48. The van der Waals surface area contributed by atoms with Crippen molar-refractivity contribution in [3.8, 4) is 0 Å². The molecule has 1 unspecified atom stereocenters. The lowest BCUT2D eigenvalue weighted by molar-refractivity contribution is -0.180. The molecule has 0 spiro atoms. The summed E-state index contributed by atoms with van der Waals surface area (Å²) in [5.41, 5.74) is 5.11. The predicted octanol–water partition coefficient (Wildman–Crippen LogP) is -0.952. The summed E-state index contributed by atoms with van der Waals surface area (Å²) in [6.45, 7) is -0.151. The molecule has 0 saturated carbocycles. The van der Waals surface area contributed by atoms with E-state index in [9.17, 15) is 24.0 Å². The van der Waals surface area contributed by atoms with E-state index < -0.39 is 48.7 Å². The van der Waals surface area contributed by atoms with E-state index in [1.165, 1.54) is 4.90 Å². The van der Waals surface area contributed by atoms with E-state index in [-0.39, 0.29) is 56.6 Å². The fraction of sp³-hybridized carbons (Fsp3) is 0.529. The number of nitrogens with two attached hydrogens (primary N) is 1. The van der Waals surface area contributed by atoms with Gasteiger partial charge in [0.2, 0.25) is 5.95 Å². The molecule has 6 N–H and O–H groups in total. The molecule has 1 aromatic heterocycles. The molecule has 0 fully saturated rings. The SMILES string of the molecule is Nc1nc2c(c(=O)[nH]1)NCN2C(OCCCOC(=O)CCC(=O)O)OC(=O)CCC(=O)O. The second-order valence-corrected chi connectivity index (χ2v) is 6.48. The first kappa shape index (κ1) is 24.4. The van der Waals surface area contributed by atoms with Crippen molar-refractivity contribution in [2.45, 2.75) is 38.5 Å². The maximum Gasteiger partial charge on any atom is 0.310 e. The topological polar surface area (TPSA) is 223 Å². The Morgan fingerprint density at radius 3 is 2.38 bits per heavy atom. The Balaban J connectivity index is 1.97. The third-order valence-electron chi connectivity index (χ3n) is 4.00. The number of hydrogen-bond donors (Lipinski definition) is 5. The number of hydrogen-bond acceptors (Lipinski definition) is 12. The van der Waals surface area contributed by atoms with Crippen molar-refractivity contribution in [2.75, 3.05) is 35.8 Å². The van der Waals surface area contributed by atoms with Gasteiger partial charge < -0.3 is 35.5 Å². The van der Waals surface area contributed by atoms with Crippen molar-refractivity contribution in [1.82, 2.24) is 9.97 Å². The number of anilines is 3. The molecule has 0 radical (unpaired) electrons. The third-order valence-corrected chi connectivity index (χ3v) is 4.00. The van der Waals surface area contributed by atoms with Crippen molar-refractivity contribution in [1.29, 1.82) is 0 Å². The zero-order chi connectivity index (χ0) is 23.7. The van der Waals surface area contributed by atoms with Crippen LogP contribution in [0.5, 0.6) is 0 Å². The summed E-state index contributed by atoms with van der Waals surface area (Å²) in [5, 5.41) is 20.0. The van der Waals surface area contributed by atoms with Gasteiger partial charge in [0, 0.05) is 6.42 Å². The van der Waals surface area contributed by atoms with Gasteiger partial charge in [0.1, 0.15) is 5.69 Å². The fourth-order valence-electron chi connectivity index (χ4n) is 2.54. The number of aromatic amines is 1. The highest BCUT2D eigenvalue weighted by molar-refractivity contribution is 5.77. The average Bonchev–Trinajstić information content (AvgIpc) is 3.13. The molecule has 15 nitrogen and oxygen atoms in total. The summed E-state index contributed by atoms with van der Waals surface area (Å²) < 4.78 is 15.6. The van der Waals surface area contributed by atoms with Crippen LogP contribution in [0.1, 0.15) is 32.1 Å². The third kappa shape index (κ3) is 7.42. The van der Waals surface area contributed by atoms with Gasteiger partial charge in [-0.2, -0.15) is 4.98 Å². The van der Waals surface area contributed by atoms with Gasteiger partial charge in [0.25, 0.3) is 12.0 Å². The Bertz CT molecular complexity index is 917. The lowest BCUT2D eigenvalue weighted by Gasteiger charge is -2.27. The Morgan fingerprint density at radius 2 is 1.72 bits per heavy atom. The minimum Gasteiger partial charge on any atom is -0.481 e. The van der Waals surface area contributed by atoms with Gasteiger partial charge in [-0.05, 0) is 0 Å². The van der Waals surface area contributed by atoms with Crippen LogP contribution in [-0.4, -0.2) is 70.4 Å². The monoisotopic (exact) mass is 457 g/mol. The molecular formula is C17H23N5O10. The highest BCUT2D eigenvalue weighted by atomic mass is 16.7. The number of rotatable bonds is 13. The number of nitrogen functional groups attached to an aromatic ring is 1. The number of aromatic nitrogens is 2. The molecule has 0 aromatic carbocycles. The number of carboxylic acids is 2. The van der Waals surface area contributed by atoms with E-state index in [4.69, 9.17) is 30.2 Å². The van der Waals surface area contributed by atoms with E-state index >= 15 is 0 Å². The van der Waals surface area contributed by atoms with Crippen LogP contribution in [-0.2, 0) is 33.4 Å². The summed E-state index contributed by atoms with van der Waals surface area (Å²) in [5.74, 6) is -3.94. The van der Waals surface area contributed by atoms with Gasteiger partial charge in [-0.25, -0.2) is 0 Å². The number of carbonyl (C=O) groups excluding carboxylic acids is 2. The van der Waals surface area contributed by atoms with Gasteiger partial charge in [0.05, 0.1) is 45.6 Å². The highest BCUT2D eigenvalue weighted by Crippen LogP contribution is 2.28. The Labute approximate surface area is 180 Å². The molecule has 1 aliphatic heterocycles. The lowest BCUT2D eigenvalue weighted by Crippen LogP contribution is -2.41. The first-order valence-electron chi connectivity index (χ1n) is 9.48. The number of fused-ring (bicyclic) bond motifs is 1. The molecule has 0 amide bonds. The van der Waals surface area contributed by atoms with Gasteiger partial charge in [0.15, 0.2) is 5.82 Å². The normalized spacial score (nSPS) is 13.1. The molecule has 0 aliphatic carbocycles. The number of ether oxygens (including phenoxy) is 3. The molecule has 32 heavy (non-hydrogen) atoms. The van der Waals surface area contributed by atoms with Crippen molar-refractivity contribution >= 4 is 41.3 Å². The molecule has 0 bridgehead atoms. The maximum absolute atomic E-state index is 12.0. The molecule has 1 atom stereocenters. The maximum atomic E-state index is 12.0. The van der Waals surface area contributed by atoms with Crippen LogP contribution >= 0.6 is 0 Å². The summed E-state index contributed by atoms with van der Waals surface area (Å²) in [6, 6.07) is 0.